The minimum atomic E-state index is -0.0152. The Balaban J connectivity index is 2.35. The van der Waals surface area contributed by atoms with Crippen LogP contribution in [0.5, 0.6) is 0 Å². The molecule has 1 aromatic heterocycles. The summed E-state index contributed by atoms with van der Waals surface area (Å²) in [5.41, 5.74) is 0. The topological polar surface area (TPSA) is 36.6 Å². The maximum Gasteiger partial charge on any atom is 0.129 e. The van der Waals surface area contributed by atoms with Crippen LogP contribution in [0.3, 0.4) is 0 Å². The van der Waals surface area contributed by atoms with Crippen molar-refractivity contribution in [3.05, 3.63) is 23.7 Å². The Hall–Kier alpha value is -0.800. The molecule has 0 aliphatic carbocycles. The van der Waals surface area contributed by atoms with Crippen LogP contribution in [0.1, 0.15) is 31.3 Å². The molecule has 14 heavy (non-hydrogen) atoms. The Morgan fingerprint density at radius 1 is 1.36 bits per heavy atom. The summed E-state index contributed by atoms with van der Waals surface area (Å²) in [7, 11) is 2.08. The van der Waals surface area contributed by atoms with Gasteiger partial charge in [-0.3, -0.25) is 4.90 Å². The molecule has 0 radical (unpaired) electrons. The maximum absolute atomic E-state index is 8.82. The average Bonchev–Trinajstić information content (AvgIpc) is 2.62. The number of nitrogens with zero attached hydrogens (tertiary/aromatic N) is 1. The first-order chi connectivity index (χ1) is 6.76. The molecule has 0 atom stereocenters. The first kappa shape index (κ1) is 11.3. The molecule has 80 valence electrons. The van der Waals surface area contributed by atoms with Crippen molar-refractivity contribution in [2.24, 2.45) is 0 Å². The summed E-state index contributed by atoms with van der Waals surface area (Å²) in [6.07, 6.45) is 2.43. The zero-order valence-electron chi connectivity index (χ0n) is 8.99. The third-order valence-corrected chi connectivity index (χ3v) is 2.19. The molecule has 3 heteroatoms. The van der Waals surface area contributed by atoms with Crippen molar-refractivity contribution in [2.45, 2.75) is 32.9 Å². The van der Waals surface area contributed by atoms with Crippen molar-refractivity contribution in [1.82, 2.24) is 4.90 Å². The third kappa shape index (κ3) is 3.52. The minimum absolute atomic E-state index is 0.0152. The van der Waals surface area contributed by atoms with Gasteiger partial charge in [-0.2, -0.15) is 0 Å². The van der Waals surface area contributed by atoms with Crippen LogP contribution in [0.15, 0.2) is 16.5 Å². The summed E-state index contributed by atoms with van der Waals surface area (Å²) >= 11 is 0. The number of aliphatic hydroxyl groups excluding tert-OH is 1. The van der Waals surface area contributed by atoms with Gasteiger partial charge in [-0.05, 0) is 32.1 Å². The molecule has 1 aromatic rings. The van der Waals surface area contributed by atoms with E-state index < -0.39 is 0 Å². The predicted octanol–water partition coefficient (Wildman–Crippen LogP) is 2.00. The summed E-state index contributed by atoms with van der Waals surface area (Å²) in [4.78, 5) is 2.23. The van der Waals surface area contributed by atoms with E-state index in [9.17, 15) is 0 Å². The second kappa shape index (κ2) is 5.83. The van der Waals surface area contributed by atoms with E-state index in [2.05, 4.69) is 18.9 Å². The van der Waals surface area contributed by atoms with Crippen molar-refractivity contribution < 1.29 is 9.52 Å². The fourth-order valence-electron chi connectivity index (χ4n) is 1.37. The van der Waals surface area contributed by atoms with Gasteiger partial charge in [0, 0.05) is 0 Å². The van der Waals surface area contributed by atoms with Crippen molar-refractivity contribution >= 4 is 0 Å². The molecule has 0 fully saturated rings. The fourth-order valence-corrected chi connectivity index (χ4v) is 1.37. The molecule has 3 nitrogen and oxygen atoms in total. The summed E-state index contributed by atoms with van der Waals surface area (Å²) < 4.78 is 5.39. The zero-order chi connectivity index (χ0) is 10.4. The van der Waals surface area contributed by atoms with Crippen LogP contribution < -0.4 is 0 Å². The van der Waals surface area contributed by atoms with Crippen LogP contribution in [-0.2, 0) is 13.2 Å². The fraction of sp³-hybridized carbons (Fsp3) is 0.636. The maximum atomic E-state index is 8.82. The van der Waals surface area contributed by atoms with E-state index in [1.54, 1.807) is 0 Å². The van der Waals surface area contributed by atoms with Crippen LogP contribution in [0, 0.1) is 0 Å². The van der Waals surface area contributed by atoms with Crippen LogP contribution in [0.4, 0.5) is 0 Å². The summed E-state index contributed by atoms with van der Waals surface area (Å²) in [6, 6.07) is 3.75. The van der Waals surface area contributed by atoms with E-state index in [0.29, 0.717) is 5.76 Å². The molecule has 1 N–H and O–H groups in total. The number of furan rings is 1. The monoisotopic (exact) mass is 197 g/mol. The lowest BCUT2D eigenvalue weighted by Gasteiger charge is -2.13. The van der Waals surface area contributed by atoms with E-state index >= 15 is 0 Å². The summed E-state index contributed by atoms with van der Waals surface area (Å²) in [5, 5.41) is 8.82. The first-order valence-corrected chi connectivity index (χ1v) is 5.13. The van der Waals surface area contributed by atoms with E-state index in [-0.39, 0.29) is 6.61 Å². The Labute approximate surface area is 85.3 Å². The minimum Gasteiger partial charge on any atom is -0.462 e. The SMILES string of the molecule is CCCCN(C)Cc1ccc(CO)o1. The van der Waals surface area contributed by atoms with Gasteiger partial charge in [0.1, 0.15) is 18.1 Å². The molecule has 1 heterocycles. The number of unbranched alkanes of at least 4 members (excludes halogenated alkanes) is 1. The van der Waals surface area contributed by atoms with Crippen molar-refractivity contribution in [1.29, 1.82) is 0 Å². The Bertz CT molecular complexity index is 258. The smallest absolute Gasteiger partial charge is 0.129 e. The molecule has 0 aliphatic rings. The zero-order valence-corrected chi connectivity index (χ0v) is 8.99. The highest BCUT2D eigenvalue weighted by Gasteiger charge is 2.04. The number of aliphatic hydroxyl groups is 1. The standard InChI is InChI=1S/C11H19NO2/c1-3-4-7-12(2)8-10-5-6-11(9-13)14-10/h5-6,13H,3-4,7-9H2,1-2H3. The lowest BCUT2D eigenvalue weighted by atomic mass is 10.3. The quantitative estimate of drug-likeness (QED) is 0.757. The Morgan fingerprint density at radius 2 is 2.07 bits per heavy atom. The molecular formula is C11H19NO2. The van der Waals surface area contributed by atoms with Crippen LogP contribution in [0.25, 0.3) is 0 Å². The van der Waals surface area contributed by atoms with Crippen molar-refractivity contribution in [2.75, 3.05) is 13.6 Å². The largest absolute Gasteiger partial charge is 0.462 e. The highest BCUT2D eigenvalue weighted by Crippen LogP contribution is 2.10. The Kier molecular flexibility index (Phi) is 4.70. The molecule has 0 aromatic carbocycles. The van der Waals surface area contributed by atoms with Crippen LogP contribution in [0.2, 0.25) is 0 Å². The number of hydrogen-bond donors (Lipinski definition) is 1. The lowest BCUT2D eigenvalue weighted by molar-refractivity contribution is 0.232. The molecule has 0 amide bonds. The van der Waals surface area contributed by atoms with Crippen LogP contribution >= 0.6 is 0 Å². The van der Waals surface area contributed by atoms with Gasteiger partial charge >= 0.3 is 0 Å². The summed E-state index contributed by atoms with van der Waals surface area (Å²) in [6.45, 7) is 4.08. The highest BCUT2D eigenvalue weighted by molar-refractivity contribution is 5.06. The molecular weight excluding hydrogens is 178 g/mol. The van der Waals surface area contributed by atoms with Crippen LogP contribution in [-0.4, -0.2) is 23.6 Å². The van der Waals surface area contributed by atoms with E-state index in [1.807, 2.05) is 12.1 Å². The van der Waals surface area contributed by atoms with E-state index in [0.717, 1.165) is 18.8 Å². The first-order valence-electron chi connectivity index (χ1n) is 5.13. The third-order valence-electron chi connectivity index (χ3n) is 2.19. The van der Waals surface area contributed by atoms with Gasteiger partial charge in [-0.25, -0.2) is 0 Å². The normalized spacial score (nSPS) is 11.1. The lowest BCUT2D eigenvalue weighted by Crippen LogP contribution is -2.18. The highest BCUT2D eigenvalue weighted by atomic mass is 16.4. The second-order valence-electron chi connectivity index (χ2n) is 3.62. The van der Waals surface area contributed by atoms with E-state index in [4.69, 9.17) is 9.52 Å². The Morgan fingerprint density at radius 3 is 2.64 bits per heavy atom. The molecule has 0 saturated carbocycles. The predicted molar refractivity (Wildman–Crippen MR) is 55.9 cm³/mol. The number of rotatable bonds is 6. The van der Waals surface area contributed by atoms with E-state index in [1.165, 1.54) is 12.8 Å². The molecule has 0 unspecified atom stereocenters. The van der Waals surface area contributed by atoms with Gasteiger partial charge in [-0.1, -0.05) is 13.3 Å². The van der Waals surface area contributed by atoms with Gasteiger partial charge in [-0.15, -0.1) is 0 Å². The molecule has 0 aliphatic heterocycles. The average molecular weight is 197 g/mol. The molecule has 0 bridgehead atoms. The molecule has 0 saturated heterocycles. The van der Waals surface area contributed by atoms with Gasteiger partial charge < -0.3 is 9.52 Å². The number of hydrogen-bond acceptors (Lipinski definition) is 3. The van der Waals surface area contributed by atoms with Gasteiger partial charge in [0.15, 0.2) is 0 Å². The molecule has 1 rings (SSSR count). The van der Waals surface area contributed by atoms with Gasteiger partial charge in [0.05, 0.1) is 6.54 Å². The summed E-state index contributed by atoms with van der Waals surface area (Å²) in [5.74, 6) is 1.57. The van der Waals surface area contributed by atoms with Crippen molar-refractivity contribution in [3.63, 3.8) is 0 Å². The molecule has 0 spiro atoms. The second-order valence-corrected chi connectivity index (χ2v) is 3.62. The van der Waals surface area contributed by atoms with Crippen molar-refractivity contribution in [3.8, 4) is 0 Å². The van der Waals surface area contributed by atoms with Gasteiger partial charge in [0.2, 0.25) is 0 Å². The van der Waals surface area contributed by atoms with Gasteiger partial charge in [0.25, 0.3) is 0 Å².